The first-order valence-electron chi connectivity index (χ1n) is 10.5. The molecule has 2 aromatic carbocycles. The maximum atomic E-state index is 5.14. The molecular formula is C25H34O. The first-order valence-corrected chi connectivity index (χ1v) is 10.5. The average molecular weight is 351 g/mol. The lowest BCUT2D eigenvalue weighted by Gasteiger charge is -2.28. The van der Waals surface area contributed by atoms with Crippen molar-refractivity contribution in [2.75, 3.05) is 13.7 Å². The Bertz CT molecular complexity index is 633. The number of hydrogen-bond acceptors (Lipinski definition) is 1. The van der Waals surface area contributed by atoms with Crippen LogP contribution in [0.5, 0.6) is 0 Å². The van der Waals surface area contributed by atoms with Crippen molar-refractivity contribution in [3.05, 3.63) is 59.7 Å². The van der Waals surface area contributed by atoms with Crippen LogP contribution >= 0.6 is 0 Å². The standard InChI is InChI=1S/C25H34O/c1-3-5-20-7-11-22(12-8-20)24-15-17-25(18-16-24)23-13-9-21(10-14-23)6-4-19-26-2/h9-10,13-18,20,22H,3-8,11-12,19H2,1-2H3/t20-,22-. The molecule has 140 valence electrons. The van der Waals surface area contributed by atoms with E-state index in [1.165, 1.54) is 55.2 Å². The number of rotatable bonds is 8. The Morgan fingerprint density at radius 2 is 1.46 bits per heavy atom. The highest BCUT2D eigenvalue weighted by molar-refractivity contribution is 5.64. The van der Waals surface area contributed by atoms with Gasteiger partial charge in [0.05, 0.1) is 0 Å². The minimum Gasteiger partial charge on any atom is -0.385 e. The smallest absolute Gasteiger partial charge is 0.0465 e. The Morgan fingerprint density at radius 1 is 0.846 bits per heavy atom. The van der Waals surface area contributed by atoms with Gasteiger partial charge in [0, 0.05) is 13.7 Å². The van der Waals surface area contributed by atoms with Crippen LogP contribution in [0, 0.1) is 5.92 Å². The molecule has 1 aliphatic carbocycles. The Labute approximate surface area is 159 Å². The molecule has 26 heavy (non-hydrogen) atoms. The molecular weight excluding hydrogens is 316 g/mol. The maximum Gasteiger partial charge on any atom is 0.0465 e. The molecule has 0 N–H and O–H groups in total. The first-order chi connectivity index (χ1) is 12.8. The fraction of sp³-hybridized carbons (Fsp3) is 0.520. The van der Waals surface area contributed by atoms with E-state index in [1.807, 2.05) is 0 Å². The molecule has 1 aliphatic rings. The van der Waals surface area contributed by atoms with Gasteiger partial charge in [-0.3, -0.25) is 0 Å². The van der Waals surface area contributed by atoms with Gasteiger partial charge in [-0.05, 0) is 72.6 Å². The highest BCUT2D eigenvalue weighted by Gasteiger charge is 2.21. The van der Waals surface area contributed by atoms with Crippen LogP contribution in [0.4, 0.5) is 0 Å². The van der Waals surface area contributed by atoms with Gasteiger partial charge >= 0.3 is 0 Å². The molecule has 0 aromatic heterocycles. The number of hydrogen-bond donors (Lipinski definition) is 0. The summed E-state index contributed by atoms with van der Waals surface area (Å²) in [5.74, 6) is 1.76. The third-order valence-corrected chi connectivity index (χ3v) is 6.03. The molecule has 0 radical (unpaired) electrons. The van der Waals surface area contributed by atoms with Crippen LogP contribution in [0.2, 0.25) is 0 Å². The molecule has 0 atom stereocenters. The van der Waals surface area contributed by atoms with Crippen molar-refractivity contribution < 1.29 is 4.74 Å². The SMILES string of the molecule is CCC[C@H]1CC[C@H](c2ccc(-c3ccc(CCCOC)cc3)cc2)CC1. The van der Waals surface area contributed by atoms with Crippen molar-refractivity contribution in [1.29, 1.82) is 0 Å². The molecule has 1 heteroatoms. The van der Waals surface area contributed by atoms with Gasteiger partial charge in [-0.2, -0.15) is 0 Å². The zero-order valence-electron chi connectivity index (χ0n) is 16.5. The topological polar surface area (TPSA) is 9.23 Å². The van der Waals surface area contributed by atoms with Gasteiger partial charge in [0.15, 0.2) is 0 Å². The second kappa shape index (κ2) is 9.92. The van der Waals surface area contributed by atoms with Crippen LogP contribution < -0.4 is 0 Å². The van der Waals surface area contributed by atoms with Gasteiger partial charge < -0.3 is 4.74 Å². The zero-order valence-corrected chi connectivity index (χ0v) is 16.5. The zero-order chi connectivity index (χ0) is 18.2. The molecule has 2 aromatic rings. The first kappa shape index (κ1) is 19.2. The van der Waals surface area contributed by atoms with Gasteiger partial charge in [-0.25, -0.2) is 0 Å². The summed E-state index contributed by atoms with van der Waals surface area (Å²) >= 11 is 0. The number of ether oxygens (including phenoxy) is 1. The van der Waals surface area contributed by atoms with E-state index < -0.39 is 0 Å². The Balaban J connectivity index is 1.57. The third kappa shape index (κ3) is 5.20. The number of methoxy groups -OCH3 is 1. The number of benzene rings is 2. The van der Waals surface area contributed by atoms with Crippen LogP contribution in [0.15, 0.2) is 48.5 Å². The Morgan fingerprint density at radius 3 is 2.04 bits per heavy atom. The Kier molecular flexibility index (Phi) is 7.32. The number of aryl methyl sites for hydroxylation is 1. The monoisotopic (exact) mass is 350 g/mol. The van der Waals surface area contributed by atoms with E-state index in [2.05, 4.69) is 55.5 Å². The normalized spacial score (nSPS) is 20.2. The summed E-state index contributed by atoms with van der Waals surface area (Å²) in [5.41, 5.74) is 5.58. The lowest BCUT2D eigenvalue weighted by atomic mass is 9.77. The predicted molar refractivity (Wildman–Crippen MR) is 112 cm³/mol. The molecule has 0 spiro atoms. The molecule has 1 fully saturated rings. The molecule has 0 unspecified atom stereocenters. The second-order valence-electron chi connectivity index (χ2n) is 7.92. The van der Waals surface area contributed by atoms with Crippen LogP contribution in [0.25, 0.3) is 11.1 Å². The van der Waals surface area contributed by atoms with Gasteiger partial charge in [-0.15, -0.1) is 0 Å². The van der Waals surface area contributed by atoms with Crippen LogP contribution in [-0.2, 0) is 11.2 Å². The van der Waals surface area contributed by atoms with Crippen molar-refractivity contribution in [2.45, 2.75) is 64.2 Å². The lowest BCUT2D eigenvalue weighted by Crippen LogP contribution is -2.13. The molecule has 1 nitrogen and oxygen atoms in total. The van der Waals surface area contributed by atoms with Crippen molar-refractivity contribution in [3.8, 4) is 11.1 Å². The fourth-order valence-corrected chi connectivity index (χ4v) is 4.42. The van der Waals surface area contributed by atoms with Crippen molar-refractivity contribution in [2.24, 2.45) is 5.92 Å². The molecule has 0 aliphatic heterocycles. The van der Waals surface area contributed by atoms with Crippen LogP contribution in [0.3, 0.4) is 0 Å². The largest absolute Gasteiger partial charge is 0.385 e. The summed E-state index contributed by atoms with van der Waals surface area (Å²) in [6.45, 7) is 3.15. The average Bonchev–Trinajstić information content (AvgIpc) is 2.70. The molecule has 0 amide bonds. The van der Waals surface area contributed by atoms with Gasteiger partial charge in [0.25, 0.3) is 0 Å². The molecule has 0 heterocycles. The summed E-state index contributed by atoms with van der Waals surface area (Å²) in [6.07, 6.45) is 10.5. The van der Waals surface area contributed by atoms with Crippen molar-refractivity contribution in [3.63, 3.8) is 0 Å². The Hall–Kier alpha value is -1.60. The summed E-state index contributed by atoms with van der Waals surface area (Å²) < 4.78 is 5.14. The highest BCUT2D eigenvalue weighted by Crippen LogP contribution is 2.38. The van der Waals surface area contributed by atoms with Crippen molar-refractivity contribution in [1.82, 2.24) is 0 Å². The maximum absolute atomic E-state index is 5.14. The predicted octanol–water partition coefficient (Wildman–Crippen LogP) is 7.01. The molecule has 0 bridgehead atoms. The minimum atomic E-state index is 0.778. The summed E-state index contributed by atoms with van der Waals surface area (Å²) in [4.78, 5) is 0. The second-order valence-corrected chi connectivity index (χ2v) is 7.92. The van der Waals surface area contributed by atoms with E-state index in [1.54, 1.807) is 12.7 Å². The quantitative estimate of drug-likeness (QED) is 0.465. The van der Waals surface area contributed by atoms with E-state index in [4.69, 9.17) is 4.74 Å². The van der Waals surface area contributed by atoms with Crippen molar-refractivity contribution >= 4 is 0 Å². The molecule has 0 saturated heterocycles. The van der Waals surface area contributed by atoms with Crippen LogP contribution in [0.1, 0.15) is 68.9 Å². The van der Waals surface area contributed by atoms with E-state index in [0.29, 0.717) is 0 Å². The van der Waals surface area contributed by atoms with E-state index in [0.717, 1.165) is 31.3 Å². The fourth-order valence-electron chi connectivity index (χ4n) is 4.42. The summed E-state index contributed by atoms with van der Waals surface area (Å²) in [7, 11) is 1.77. The van der Waals surface area contributed by atoms with Crippen LogP contribution in [-0.4, -0.2) is 13.7 Å². The summed E-state index contributed by atoms with van der Waals surface area (Å²) in [6, 6.07) is 18.4. The van der Waals surface area contributed by atoms with Gasteiger partial charge in [0.2, 0.25) is 0 Å². The lowest BCUT2D eigenvalue weighted by molar-refractivity contribution is 0.195. The van der Waals surface area contributed by atoms with E-state index in [-0.39, 0.29) is 0 Å². The molecule has 1 saturated carbocycles. The third-order valence-electron chi connectivity index (χ3n) is 6.03. The summed E-state index contributed by atoms with van der Waals surface area (Å²) in [5, 5.41) is 0. The van der Waals surface area contributed by atoms with Gasteiger partial charge in [0.1, 0.15) is 0 Å². The van der Waals surface area contributed by atoms with Gasteiger partial charge in [-0.1, -0.05) is 68.3 Å². The van der Waals surface area contributed by atoms with E-state index >= 15 is 0 Å². The minimum absolute atomic E-state index is 0.778. The van der Waals surface area contributed by atoms with E-state index in [9.17, 15) is 0 Å². The molecule has 3 rings (SSSR count). The highest BCUT2D eigenvalue weighted by atomic mass is 16.5.